The van der Waals surface area contributed by atoms with Crippen LogP contribution in [0, 0.1) is 0 Å². The van der Waals surface area contributed by atoms with E-state index in [2.05, 4.69) is 21.2 Å². The molecule has 1 rings (SSSR count). The monoisotopic (exact) mass is 293 g/mol. The lowest BCUT2D eigenvalue weighted by molar-refractivity contribution is -0.136. The van der Waals surface area contributed by atoms with Crippen molar-refractivity contribution in [2.45, 2.75) is 37.8 Å². The van der Waals surface area contributed by atoms with Crippen molar-refractivity contribution in [1.29, 1.82) is 0 Å². The van der Waals surface area contributed by atoms with Crippen LogP contribution in [0.4, 0.5) is 0 Å². The Hall–Kier alpha value is -0.130. The molecule has 0 aromatic carbocycles. The summed E-state index contributed by atoms with van der Waals surface area (Å²) in [4.78, 5) is 11.9. The minimum absolute atomic E-state index is 0.00250. The smallest absolute Gasteiger partial charge is 0.249 e. The van der Waals surface area contributed by atoms with E-state index >= 15 is 0 Å². The Morgan fingerprint density at radius 3 is 3.00 bits per heavy atom. The molecule has 2 atom stereocenters. The molecular weight excluding hydrogens is 274 g/mol. The van der Waals surface area contributed by atoms with Crippen LogP contribution in [0.5, 0.6) is 0 Å². The lowest BCUT2D eigenvalue weighted by Gasteiger charge is -2.24. The molecule has 1 amide bonds. The van der Waals surface area contributed by atoms with Crippen molar-refractivity contribution < 1.29 is 14.3 Å². The Bertz CT molecular complexity index is 201. The molecule has 0 radical (unpaired) electrons. The van der Waals surface area contributed by atoms with E-state index < -0.39 is 0 Å². The van der Waals surface area contributed by atoms with Crippen molar-refractivity contribution in [1.82, 2.24) is 5.32 Å². The summed E-state index contributed by atoms with van der Waals surface area (Å²) in [5.41, 5.74) is 0. The molecule has 0 saturated carbocycles. The van der Waals surface area contributed by atoms with E-state index in [1.807, 2.05) is 0 Å². The van der Waals surface area contributed by atoms with Crippen LogP contribution in [-0.2, 0) is 14.3 Å². The lowest BCUT2D eigenvalue weighted by Crippen LogP contribution is -2.45. The van der Waals surface area contributed by atoms with Gasteiger partial charge in [0.25, 0.3) is 0 Å². The van der Waals surface area contributed by atoms with Crippen molar-refractivity contribution in [3.05, 3.63) is 0 Å². The molecule has 16 heavy (non-hydrogen) atoms. The van der Waals surface area contributed by atoms with E-state index in [-0.39, 0.29) is 18.1 Å². The van der Waals surface area contributed by atoms with E-state index in [0.717, 1.165) is 31.0 Å². The summed E-state index contributed by atoms with van der Waals surface area (Å²) in [6.45, 7) is 1.25. The van der Waals surface area contributed by atoms with Gasteiger partial charge in [0.2, 0.25) is 5.91 Å². The highest BCUT2D eigenvalue weighted by molar-refractivity contribution is 9.09. The van der Waals surface area contributed by atoms with E-state index in [1.165, 1.54) is 0 Å². The summed E-state index contributed by atoms with van der Waals surface area (Å²) in [6, 6.07) is 0.0717. The standard InChI is InChI=1S/C11H20BrNO3/c1-15-8-9(5-6-12)13-11(14)10-4-2-3-7-16-10/h9-10H,2-8H2,1H3,(H,13,14). The fourth-order valence-corrected chi connectivity index (χ4v) is 2.32. The van der Waals surface area contributed by atoms with Gasteiger partial charge in [-0.15, -0.1) is 0 Å². The third kappa shape index (κ3) is 4.80. The third-order valence-electron chi connectivity index (χ3n) is 2.64. The second kappa shape index (κ2) is 8.03. The number of nitrogens with one attached hydrogen (secondary N) is 1. The number of alkyl halides is 1. The molecule has 94 valence electrons. The SMILES string of the molecule is COCC(CCBr)NC(=O)C1CCCCO1. The number of halogens is 1. The fourth-order valence-electron chi connectivity index (χ4n) is 1.77. The quantitative estimate of drug-likeness (QED) is 0.755. The molecular formula is C11H20BrNO3. The van der Waals surface area contributed by atoms with Gasteiger partial charge in [0.05, 0.1) is 12.6 Å². The van der Waals surface area contributed by atoms with Gasteiger partial charge in [0.15, 0.2) is 0 Å². The molecule has 0 aromatic heterocycles. The predicted molar refractivity (Wildman–Crippen MR) is 65.8 cm³/mol. The molecule has 4 nitrogen and oxygen atoms in total. The third-order valence-corrected chi connectivity index (χ3v) is 3.10. The van der Waals surface area contributed by atoms with Gasteiger partial charge in [0.1, 0.15) is 6.10 Å². The minimum atomic E-state index is -0.261. The van der Waals surface area contributed by atoms with Crippen LogP contribution >= 0.6 is 15.9 Å². The number of amides is 1. The number of carbonyl (C=O) groups is 1. The van der Waals surface area contributed by atoms with Crippen molar-refractivity contribution in [2.75, 3.05) is 25.7 Å². The van der Waals surface area contributed by atoms with Crippen LogP contribution in [0.1, 0.15) is 25.7 Å². The zero-order valence-electron chi connectivity index (χ0n) is 9.71. The number of methoxy groups -OCH3 is 1. The molecule has 2 unspecified atom stereocenters. The summed E-state index contributed by atoms with van der Waals surface area (Å²) in [5, 5.41) is 3.82. The van der Waals surface area contributed by atoms with Gasteiger partial charge in [-0.2, -0.15) is 0 Å². The summed E-state index contributed by atoms with van der Waals surface area (Å²) in [7, 11) is 1.64. The fraction of sp³-hybridized carbons (Fsp3) is 0.909. The molecule has 5 heteroatoms. The van der Waals surface area contributed by atoms with Gasteiger partial charge in [-0.1, -0.05) is 15.9 Å². The van der Waals surface area contributed by atoms with E-state index in [0.29, 0.717) is 13.2 Å². The highest BCUT2D eigenvalue weighted by Gasteiger charge is 2.23. The van der Waals surface area contributed by atoms with Gasteiger partial charge in [-0.05, 0) is 25.7 Å². The number of carbonyl (C=O) groups excluding carboxylic acids is 1. The van der Waals surface area contributed by atoms with Gasteiger partial charge < -0.3 is 14.8 Å². The van der Waals surface area contributed by atoms with Gasteiger partial charge >= 0.3 is 0 Å². The number of hydrogen-bond donors (Lipinski definition) is 1. The first-order valence-electron chi connectivity index (χ1n) is 5.74. The van der Waals surface area contributed by atoms with Crippen molar-refractivity contribution in [2.24, 2.45) is 0 Å². The van der Waals surface area contributed by atoms with Gasteiger partial charge in [-0.25, -0.2) is 0 Å². The maximum absolute atomic E-state index is 11.9. The zero-order valence-corrected chi connectivity index (χ0v) is 11.3. The van der Waals surface area contributed by atoms with Crippen molar-refractivity contribution in [3.63, 3.8) is 0 Å². The molecule has 0 aromatic rings. The van der Waals surface area contributed by atoms with Gasteiger partial charge in [0, 0.05) is 19.0 Å². The summed E-state index contributed by atoms with van der Waals surface area (Å²) >= 11 is 3.37. The first-order valence-corrected chi connectivity index (χ1v) is 6.87. The zero-order chi connectivity index (χ0) is 11.8. The second-order valence-corrected chi connectivity index (χ2v) is 4.79. The summed E-state index contributed by atoms with van der Waals surface area (Å²) in [5.74, 6) is 0.00250. The Morgan fingerprint density at radius 1 is 1.62 bits per heavy atom. The summed E-state index contributed by atoms with van der Waals surface area (Å²) < 4.78 is 10.5. The largest absolute Gasteiger partial charge is 0.383 e. The Kier molecular flexibility index (Phi) is 7.00. The average Bonchev–Trinajstić information content (AvgIpc) is 2.31. The molecule has 1 aliphatic heterocycles. The summed E-state index contributed by atoms with van der Waals surface area (Å²) in [6.07, 6.45) is 3.58. The molecule has 1 fully saturated rings. The van der Waals surface area contributed by atoms with Crippen molar-refractivity contribution >= 4 is 21.8 Å². The minimum Gasteiger partial charge on any atom is -0.383 e. The Morgan fingerprint density at radius 2 is 2.44 bits per heavy atom. The number of ether oxygens (including phenoxy) is 2. The molecule has 1 heterocycles. The second-order valence-electron chi connectivity index (χ2n) is 3.99. The molecule has 0 aliphatic carbocycles. The first kappa shape index (κ1) is 13.9. The van der Waals surface area contributed by atoms with Gasteiger partial charge in [-0.3, -0.25) is 4.79 Å². The van der Waals surface area contributed by atoms with Crippen LogP contribution in [0.3, 0.4) is 0 Å². The highest BCUT2D eigenvalue weighted by atomic mass is 79.9. The number of rotatable bonds is 6. The topological polar surface area (TPSA) is 47.6 Å². The first-order chi connectivity index (χ1) is 7.77. The van der Waals surface area contributed by atoms with E-state index in [1.54, 1.807) is 7.11 Å². The van der Waals surface area contributed by atoms with Crippen molar-refractivity contribution in [3.8, 4) is 0 Å². The molecule has 0 bridgehead atoms. The van der Waals surface area contributed by atoms with E-state index in [9.17, 15) is 4.79 Å². The lowest BCUT2D eigenvalue weighted by atomic mass is 10.1. The Labute approximate surface area is 105 Å². The average molecular weight is 294 g/mol. The molecule has 1 saturated heterocycles. The van der Waals surface area contributed by atoms with Crippen LogP contribution in [0.2, 0.25) is 0 Å². The number of hydrogen-bond acceptors (Lipinski definition) is 3. The molecule has 0 spiro atoms. The molecule has 1 aliphatic rings. The predicted octanol–water partition coefficient (Wildman–Crippen LogP) is 1.47. The maximum atomic E-state index is 11.9. The van der Waals surface area contributed by atoms with Crippen LogP contribution < -0.4 is 5.32 Å². The van der Waals surface area contributed by atoms with Crippen LogP contribution in [-0.4, -0.2) is 43.7 Å². The van der Waals surface area contributed by atoms with Crippen LogP contribution in [0.15, 0.2) is 0 Å². The van der Waals surface area contributed by atoms with Crippen LogP contribution in [0.25, 0.3) is 0 Å². The normalized spacial score (nSPS) is 22.8. The maximum Gasteiger partial charge on any atom is 0.249 e. The molecule has 1 N–H and O–H groups in total. The highest BCUT2D eigenvalue weighted by Crippen LogP contribution is 2.13. The Balaban J connectivity index is 2.33. The van der Waals surface area contributed by atoms with E-state index in [4.69, 9.17) is 9.47 Å².